The molecule has 8 heteroatoms. The van der Waals surface area contributed by atoms with Gasteiger partial charge in [0.15, 0.2) is 0 Å². The highest BCUT2D eigenvalue weighted by Crippen LogP contribution is 2.21. The van der Waals surface area contributed by atoms with E-state index in [0.29, 0.717) is 18.3 Å². The lowest BCUT2D eigenvalue weighted by molar-refractivity contribution is 0.0845. The van der Waals surface area contributed by atoms with Crippen molar-refractivity contribution in [3.8, 4) is 10.7 Å². The molecule has 0 saturated carbocycles. The lowest BCUT2D eigenvalue weighted by Crippen LogP contribution is -1.94. The molecule has 3 rings (SSSR count). The predicted octanol–water partition coefficient (Wildman–Crippen LogP) is 2.67. The zero-order valence-corrected chi connectivity index (χ0v) is 11.7. The molecule has 0 saturated heterocycles. The van der Waals surface area contributed by atoms with Crippen molar-refractivity contribution in [2.75, 3.05) is 0 Å². The van der Waals surface area contributed by atoms with Gasteiger partial charge in [-0.25, -0.2) is 0 Å². The van der Waals surface area contributed by atoms with Crippen molar-refractivity contribution in [3.05, 3.63) is 33.4 Å². The van der Waals surface area contributed by atoms with Crippen molar-refractivity contribution < 1.29 is 9.26 Å². The molecule has 0 unspecified atom stereocenters. The minimum atomic E-state index is 0.275. The molecule has 6 nitrogen and oxygen atoms in total. The average molecular weight is 294 g/mol. The molecule has 0 aliphatic heterocycles. The summed E-state index contributed by atoms with van der Waals surface area (Å²) in [6.45, 7) is 2.59. The molecule has 19 heavy (non-hydrogen) atoms. The van der Waals surface area contributed by atoms with Crippen molar-refractivity contribution in [1.29, 1.82) is 0 Å². The molecule has 3 aromatic rings. The molecule has 0 aliphatic carbocycles. The number of hydrogen-bond acceptors (Lipinski definition) is 8. The first kappa shape index (κ1) is 12.4. The van der Waals surface area contributed by atoms with Gasteiger partial charge in [0, 0.05) is 0 Å². The molecular formula is C11H10N4O2S2. The summed E-state index contributed by atoms with van der Waals surface area (Å²) < 4.78 is 10.6. The first-order valence-corrected chi connectivity index (χ1v) is 7.24. The number of rotatable bonds is 5. The molecule has 0 aliphatic rings. The SMILES string of the molecule is Cc1nnc(COCc2nc(-c3cccs3)no2)s1. The van der Waals surface area contributed by atoms with E-state index in [1.54, 1.807) is 11.3 Å². The molecule has 0 bridgehead atoms. The Morgan fingerprint density at radius 3 is 3.00 bits per heavy atom. The third-order valence-electron chi connectivity index (χ3n) is 2.23. The quantitative estimate of drug-likeness (QED) is 0.720. The minimum absolute atomic E-state index is 0.275. The molecule has 3 aromatic heterocycles. The summed E-state index contributed by atoms with van der Waals surface area (Å²) in [5.74, 6) is 1.06. The van der Waals surface area contributed by atoms with Crippen LogP contribution < -0.4 is 0 Å². The predicted molar refractivity (Wildman–Crippen MR) is 70.8 cm³/mol. The molecule has 98 valence electrons. The van der Waals surface area contributed by atoms with Crippen molar-refractivity contribution in [1.82, 2.24) is 20.3 Å². The number of nitrogens with zero attached hydrogens (tertiary/aromatic N) is 4. The molecule has 0 amide bonds. The summed E-state index contributed by atoms with van der Waals surface area (Å²) in [5, 5.41) is 15.5. The summed E-state index contributed by atoms with van der Waals surface area (Å²) in [6.07, 6.45) is 0. The van der Waals surface area contributed by atoms with Crippen LogP contribution in [0, 0.1) is 6.92 Å². The summed E-state index contributed by atoms with van der Waals surface area (Å²) in [5.41, 5.74) is 0. The topological polar surface area (TPSA) is 73.9 Å². The molecule has 0 atom stereocenters. The maximum Gasteiger partial charge on any atom is 0.252 e. The van der Waals surface area contributed by atoms with Crippen LogP contribution in [0.15, 0.2) is 22.0 Å². The zero-order chi connectivity index (χ0) is 13.1. The Labute approximate surface area is 117 Å². The number of ether oxygens (including phenoxy) is 1. The fourth-order valence-corrected chi connectivity index (χ4v) is 2.74. The van der Waals surface area contributed by atoms with Crippen LogP contribution in [0.4, 0.5) is 0 Å². The van der Waals surface area contributed by atoms with Gasteiger partial charge in [-0.15, -0.1) is 21.5 Å². The second kappa shape index (κ2) is 5.55. The molecule has 0 fully saturated rings. The first-order chi connectivity index (χ1) is 9.31. The Morgan fingerprint density at radius 2 is 2.26 bits per heavy atom. The normalized spacial score (nSPS) is 11.0. The van der Waals surface area contributed by atoms with Gasteiger partial charge in [-0.1, -0.05) is 22.6 Å². The van der Waals surface area contributed by atoms with Crippen molar-refractivity contribution >= 4 is 22.7 Å². The van der Waals surface area contributed by atoms with E-state index in [1.165, 1.54) is 11.3 Å². The summed E-state index contributed by atoms with van der Waals surface area (Å²) in [4.78, 5) is 5.25. The lowest BCUT2D eigenvalue weighted by Gasteiger charge is -1.95. The van der Waals surface area contributed by atoms with Crippen LogP contribution in [0.25, 0.3) is 10.7 Å². The zero-order valence-electron chi connectivity index (χ0n) is 10.1. The fourth-order valence-electron chi connectivity index (χ4n) is 1.44. The number of aromatic nitrogens is 4. The third-order valence-corrected chi connectivity index (χ3v) is 3.91. The van der Waals surface area contributed by atoms with Gasteiger partial charge in [0.25, 0.3) is 5.89 Å². The summed E-state index contributed by atoms with van der Waals surface area (Å²) in [6, 6.07) is 3.90. The van der Waals surface area contributed by atoms with E-state index in [1.807, 2.05) is 24.4 Å². The van der Waals surface area contributed by atoms with Crippen molar-refractivity contribution in [2.45, 2.75) is 20.1 Å². The molecule has 0 radical (unpaired) electrons. The Morgan fingerprint density at radius 1 is 1.32 bits per heavy atom. The van der Waals surface area contributed by atoms with Crippen LogP contribution in [0.5, 0.6) is 0 Å². The summed E-state index contributed by atoms with van der Waals surface area (Å²) >= 11 is 3.08. The number of thiophene rings is 1. The largest absolute Gasteiger partial charge is 0.364 e. The second-order valence-electron chi connectivity index (χ2n) is 3.70. The van der Waals surface area contributed by atoms with E-state index in [-0.39, 0.29) is 6.61 Å². The highest BCUT2D eigenvalue weighted by molar-refractivity contribution is 7.13. The highest BCUT2D eigenvalue weighted by Gasteiger charge is 2.09. The van der Waals surface area contributed by atoms with Crippen LogP contribution in [-0.4, -0.2) is 20.3 Å². The maximum atomic E-state index is 5.46. The summed E-state index contributed by atoms with van der Waals surface area (Å²) in [7, 11) is 0. The Balaban J connectivity index is 1.56. The van der Waals surface area contributed by atoms with Gasteiger partial charge in [0.05, 0.1) is 4.88 Å². The second-order valence-corrected chi connectivity index (χ2v) is 5.91. The average Bonchev–Trinajstić information content (AvgIpc) is 3.09. The maximum absolute atomic E-state index is 5.46. The fraction of sp³-hybridized carbons (Fsp3) is 0.273. The standard InChI is InChI=1S/C11H10N4O2S2/c1-7-13-14-10(19-7)6-16-5-9-12-11(15-17-9)8-3-2-4-18-8/h2-4H,5-6H2,1H3. The Hall–Kier alpha value is -1.64. The van der Waals surface area contributed by atoms with Gasteiger partial charge in [0.1, 0.15) is 23.2 Å². The van der Waals surface area contributed by atoms with Gasteiger partial charge in [-0.2, -0.15) is 4.98 Å². The monoisotopic (exact) mass is 294 g/mol. The number of aryl methyl sites for hydroxylation is 1. The molecule has 0 spiro atoms. The highest BCUT2D eigenvalue weighted by atomic mass is 32.1. The van der Waals surface area contributed by atoms with Crippen LogP contribution in [0.3, 0.4) is 0 Å². The molecular weight excluding hydrogens is 284 g/mol. The van der Waals surface area contributed by atoms with Gasteiger partial charge in [-0.3, -0.25) is 0 Å². The smallest absolute Gasteiger partial charge is 0.252 e. The van der Waals surface area contributed by atoms with E-state index in [2.05, 4.69) is 20.3 Å². The Kier molecular flexibility index (Phi) is 3.62. The van der Waals surface area contributed by atoms with E-state index in [0.717, 1.165) is 14.9 Å². The van der Waals surface area contributed by atoms with E-state index in [4.69, 9.17) is 9.26 Å². The van der Waals surface area contributed by atoms with Crippen molar-refractivity contribution in [3.63, 3.8) is 0 Å². The van der Waals surface area contributed by atoms with Crippen LogP contribution in [-0.2, 0) is 18.0 Å². The lowest BCUT2D eigenvalue weighted by atomic mass is 10.4. The van der Waals surface area contributed by atoms with Gasteiger partial charge in [-0.05, 0) is 18.4 Å². The number of hydrogen-bond donors (Lipinski definition) is 0. The van der Waals surface area contributed by atoms with Gasteiger partial charge < -0.3 is 9.26 Å². The van der Waals surface area contributed by atoms with Gasteiger partial charge in [0.2, 0.25) is 5.82 Å². The van der Waals surface area contributed by atoms with E-state index in [9.17, 15) is 0 Å². The van der Waals surface area contributed by atoms with Crippen molar-refractivity contribution in [2.24, 2.45) is 0 Å². The minimum Gasteiger partial charge on any atom is -0.364 e. The molecule has 0 aromatic carbocycles. The first-order valence-electron chi connectivity index (χ1n) is 5.54. The molecule has 3 heterocycles. The van der Waals surface area contributed by atoms with Crippen LogP contribution in [0.1, 0.15) is 15.9 Å². The van der Waals surface area contributed by atoms with Crippen LogP contribution >= 0.6 is 22.7 Å². The third kappa shape index (κ3) is 3.03. The van der Waals surface area contributed by atoms with E-state index >= 15 is 0 Å². The molecule has 0 N–H and O–H groups in total. The van der Waals surface area contributed by atoms with Crippen LogP contribution in [0.2, 0.25) is 0 Å². The van der Waals surface area contributed by atoms with E-state index < -0.39 is 0 Å². The Bertz CT molecular complexity index is 647. The van der Waals surface area contributed by atoms with Gasteiger partial charge >= 0.3 is 0 Å².